The van der Waals surface area contributed by atoms with Gasteiger partial charge in [0.15, 0.2) is 16.3 Å². The highest BCUT2D eigenvalue weighted by Crippen LogP contribution is 2.32. The molecule has 1 aliphatic rings. The van der Waals surface area contributed by atoms with E-state index < -0.39 is 12.0 Å². The van der Waals surface area contributed by atoms with Gasteiger partial charge in [-0.25, -0.2) is 9.79 Å². The Labute approximate surface area is 218 Å². The maximum absolute atomic E-state index is 13.7. The van der Waals surface area contributed by atoms with Crippen molar-refractivity contribution in [1.82, 2.24) is 4.57 Å². The van der Waals surface area contributed by atoms with E-state index in [-0.39, 0.29) is 12.2 Å². The molecule has 192 valence electrons. The predicted molar refractivity (Wildman–Crippen MR) is 142 cm³/mol. The van der Waals surface area contributed by atoms with Crippen LogP contribution in [0.5, 0.6) is 17.2 Å². The number of nitrogens with zero attached hydrogens (tertiary/aromatic N) is 2. The monoisotopic (exact) mass is 520 g/mol. The van der Waals surface area contributed by atoms with Gasteiger partial charge in [0.25, 0.3) is 5.56 Å². The van der Waals surface area contributed by atoms with Crippen LogP contribution in [0.2, 0.25) is 0 Å². The molecular formula is C28H28N2O6S. The quantitative estimate of drug-likeness (QED) is 0.318. The Morgan fingerprint density at radius 3 is 2.54 bits per heavy atom. The van der Waals surface area contributed by atoms with Crippen LogP contribution in [-0.2, 0) is 9.53 Å². The van der Waals surface area contributed by atoms with Gasteiger partial charge in [-0.15, -0.1) is 0 Å². The van der Waals surface area contributed by atoms with E-state index in [9.17, 15) is 9.59 Å². The molecule has 0 N–H and O–H groups in total. The van der Waals surface area contributed by atoms with Gasteiger partial charge in [0.2, 0.25) is 0 Å². The lowest BCUT2D eigenvalue weighted by molar-refractivity contribution is -0.139. The van der Waals surface area contributed by atoms with Gasteiger partial charge < -0.3 is 18.9 Å². The molecule has 1 aromatic heterocycles. The number of ether oxygens (including phenoxy) is 4. The molecule has 0 amide bonds. The molecule has 4 rings (SSSR count). The van der Waals surface area contributed by atoms with Gasteiger partial charge in [0, 0.05) is 0 Å². The molecule has 0 aliphatic carbocycles. The molecule has 2 aromatic carbocycles. The van der Waals surface area contributed by atoms with E-state index >= 15 is 0 Å². The summed E-state index contributed by atoms with van der Waals surface area (Å²) in [5.41, 5.74) is 2.09. The minimum absolute atomic E-state index is 0.212. The maximum atomic E-state index is 13.7. The van der Waals surface area contributed by atoms with E-state index in [4.69, 9.17) is 18.9 Å². The number of aromatic nitrogens is 1. The number of benzene rings is 2. The molecule has 0 saturated heterocycles. The molecule has 3 aromatic rings. The van der Waals surface area contributed by atoms with Crippen LogP contribution < -0.4 is 29.1 Å². The van der Waals surface area contributed by atoms with Gasteiger partial charge in [-0.1, -0.05) is 42.2 Å². The summed E-state index contributed by atoms with van der Waals surface area (Å²) in [6, 6.07) is 12.0. The minimum atomic E-state index is -0.687. The SMILES string of the molecule is C=CCOc1ccc(/C=c2/sc3n(c2=O)C(c2ccc(OC)cc2)C(C(=O)OCC)=C(C)N=3)cc1OC. The summed E-state index contributed by atoms with van der Waals surface area (Å²) in [7, 11) is 3.14. The first kappa shape index (κ1) is 26.0. The van der Waals surface area contributed by atoms with Crippen LogP contribution in [0.25, 0.3) is 6.08 Å². The molecule has 9 heteroatoms. The summed E-state index contributed by atoms with van der Waals surface area (Å²) >= 11 is 1.26. The van der Waals surface area contributed by atoms with Crippen LogP contribution in [0, 0.1) is 0 Å². The molecule has 8 nitrogen and oxygen atoms in total. The van der Waals surface area contributed by atoms with Crippen molar-refractivity contribution in [3.8, 4) is 17.2 Å². The first-order valence-corrected chi connectivity index (χ1v) is 12.5. The van der Waals surface area contributed by atoms with Crippen molar-refractivity contribution in [1.29, 1.82) is 0 Å². The van der Waals surface area contributed by atoms with Crippen molar-refractivity contribution in [2.45, 2.75) is 19.9 Å². The number of hydrogen-bond acceptors (Lipinski definition) is 8. The van der Waals surface area contributed by atoms with Crippen LogP contribution in [0.4, 0.5) is 0 Å². The summed E-state index contributed by atoms with van der Waals surface area (Å²) in [6.45, 7) is 7.72. The lowest BCUT2D eigenvalue weighted by atomic mass is 9.96. The molecule has 1 aliphatic heterocycles. The highest BCUT2D eigenvalue weighted by Gasteiger charge is 2.33. The van der Waals surface area contributed by atoms with Crippen molar-refractivity contribution in [2.24, 2.45) is 4.99 Å². The van der Waals surface area contributed by atoms with Crippen LogP contribution in [0.15, 0.2) is 76.2 Å². The smallest absolute Gasteiger partial charge is 0.338 e. The zero-order chi connectivity index (χ0) is 26.5. The summed E-state index contributed by atoms with van der Waals surface area (Å²) in [6.07, 6.45) is 3.43. The van der Waals surface area contributed by atoms with E-state index in [1.165, 1.54) is 11.3 Å². The molecular weight excluding hydrogens is 492 g/mol. The van der Waals surface area contributed by atoms with Gasteiger partial charge in [0.1, 0.15) is 12.4 Å². The summed E-state index contributed by atoms with van der Waals surface area (Å²) in [5, 5.41) is 0. The Morgan fingerprint density at radius 2 is 1.89 bits per heavy atom. The zero-order valence-corrected chi connectivity index (χ0v) is 22.0. The van der Waals surface area contributed by atoms with Crippen molar-refractivity contribution in [3.63, 3.8) is 0 Å². The third-order valence-corrected chi connectivity index (χ3v) is 6.77. The Morgan fingerprint density at radius 1 is 1.14 bits per heavy atom. The van der Waals surface area contributed by atoms with Crippen LogP contribution in [0.3, 0.4) is 0 Å². The molecule has 1 unspecified atom stereocenters. The van der Waals surface area contributed by atoms with Crippen LogP contribution >= 0.6 is 11.3 Å². The number of allylic oxidation sites excluding steroid dienone is 1. The largest absolute Gasteiger partial charge is 0.497 e. The zero-order valence-electron chi connectivity index (χ0n) is 21.1. The van der Waals surface area contributed by atoms with Gasteiger partial charge >= 0.3 is 5.97 Å². The first-order chi connectivity index (χ1) is 17.9. The molecule has 0 fully saturated rings. The number of methoxy groups -OCH3 is 2. The normalized spacial score (nSPS) is 15.0. The topological polar surface area (TPSA) is 88.4 Å². The van der Waals surface area contributed by atoms with Crippen LogP contribution in [-0.4, -0.2) is 38.0 Å². The summed E-state index contributed by atoms with van der Waals surface area (Å²) in [4.78, 5) is 31.8. The van der Waals surface area contributed by atoms with Crippen molar-refractivity contribution in [3.05, 3.63) is 97.2 Å². The highest BCUT2D eigenvalue weighted by molar-refractivity contribution is 7.07. The van der Waals surface area contributed by atoms with E-state index in [0.29, 0.717) is 44.5 Å². The second kappa shape index (κ2) is 11.3. The number of thiazole rings is 1. The van der Waals surface area contributed by atoms with E-state index in [2.05, 4.69) is 11.6 Å². The Hall–Kier alpha value is -4.11. The number of carbonyl (C=O) groups excluding carboxylic acids is 1. The molecule has 2 heterocycles. The first-order valence-electron chi connectivity index (χ1n) is 11.7. The van der Waals surface area contributed by atoms with Gasteiger partial charge in [-0.05, 0) is 55.3 Å². The maximum Gasteiger partial charge on any atom is 0.338 e. The van der Waals surface area contributed by atoms with Gasteiger partial charge in [-0.3, -0.25) is 9.36 Å². The highest BCUT2D eigenvalue weighted by atomic mass is 32.1. The van der Waals surface area contributed by atoms with Crippen molar-refractivity contribution in [2.75, 3.05) is 27.4 Å². The van der Waals surface area contributed by atoms with E-state index in [1.807, 2.05) is 18.2 Å². The lowest BCUT2D eigenvalue weighted by Crippen LogP contribution is -2.39. The number of carbonyl (C=O) groups is 1. The van der Waals surface area contributed by atoms with Crippen molar-refractivity contribution >= 4 is 23.4 Å². The number of fused-ring (bicyclic) bond motifs is 1. The predicted octanol–water partition coefficient (Wildman–Crippen LogP) is 3.38. The van der Waals surface area contributed by atoms with Crippen LogP contribution in [0.1, 0.15) is 31.0 Å². The molecule has 0 spiro atoms. The Bertz CT molecular complexity index is 1530. The second-order valence-corrected chi connectivity index (χ2v) is 9.09. The fraction of sp³-hybridized carbons (Fsp3) is 0.250. The standard InChI is InChI=1S/C28H28N2O6S/c1-6-14-36-21-13-8-18(15-22(21)34-5)16-23-26(31)30-25(19-9-11-20(33-4)12-10-19)24(27(32)35-7-2)17(3)29-28(30)37-23/h6,8-13,15-16,25H,1,7,14H2,2-5H3/b23-16+. The average molecular weight is 521 g/mol. The third-order valence-electron chi connectivity index (χ3n) is 5.79. The minimum Gasteiger partial charge on any atom is -0.497 e. The molecule has 0 saturated carbocycles. The van der Waals surface area contributed by atoms with E-state index in [1.54, 1.807) is 69.1 Å². The summed E-state index contributed by atoms with van der Waals surface area (Å²) < 4.78 is 23.7. The van der Waals surface area contributed by atoms with Crippen molar-refractivity contribution < 1.29 is 23.7 Å². The lowest BCUT2D eigenvalue weighted by Gasteiger charge is -2.24. The third kappa shape index (κ3) is 5.22. The summed E-state index contributed by atoms with van der Waals surface area (Å²) in [5.74, 6) is 1.29. The van der Waals surface area contributed by atoms with E-state index in [0.717, 1.165) is 11.1 Å². The van der Waals surface area contributed by atoms with Gasteiger partial charge in [0.05, 0.1) is 42.7 Å². The Balaban J connectivity index is 1.87. The Kier molecular flexibility index (Phi) is 7.93. The number of esters is 1. The average Bonchev–Trinajstić information content (AvgIpc) is 3.21. The number of rotatable bonds is 9. The fourth-order valence-corrected chi connectivity index (χ4v) is 5.13. The molecule has 0 radical (unpaired) electrons. The molecule has 37 heavy (non-hydrogen) atoms. The number of hydrogen-bond donors (Lipinski definition) is 0. The second-order valence-electron chi connectivity index (χ2n) is 8.09. The molecule has 1 atom stereocenters. The fourth-order valence-electron chi connectivity index (χ4n) is 4.09. The van der Waals surface area contributed by atoms with Gasteiger partial charge in [-0.2, -0.15) is 0 Å². The molecule has 0 bridgehead atoms.